The van der Waals surface area contributed by atoms with Gasteiger partial charge in [0, 0.05) is 10.2 Å². The van der Waals surface area contributed by atoms with Crippen LogP contribution in [-0.4, -0.2) is 22.0 Å². The van der Waals surface area contributed by atoms with E-state index in [0.29, 0.717) is 5.25 Å². The van der Waals surface area contributed by atoms with Gasteiger partial charge in [-0.2, -0.15) is 0 Å². The summed E-state index contributed by atoms with van der Waals surface area (Å²) in [6.07, 6.45) is 3.61. The number of carbonyl (C=O) groups is 1. The van der Waals surface area contributed by atoms with E-state index in [1.165, 1.54) is 0 Å². The molecule has 0 spiro atoms. The van der Waals surface area contributed by atoms with Crippen LogP contribution in [0.2, 0.25) is 0 Å². The smallest absolute Gasteiger partial charge is 0.354 e. The molecule has 0 saturated heterocycles. The zero-order chi connectivity index (χ0) is 8.72. The van der Waals surface area contributed by atoms with E-state index in [0.717, 1.165) is 10.6 Å². The highest BCUT2D eigenvalue weighted by molar-refractivity contribution is 8.04. The monoisotopic (exact) mass is 181 g/mol. The number of fused-ring (bicyclic) bond motifs is 1. The highest BCUT2D eigenvalue weighted by Crippen LogP contribution is 2.39. The maximum absolute atomic E-state index is 10.5. The number of aliphatic imine (C=N–C) groups is 1. The van der Waals surface area contributed by atoms with Crippen molar-refractivity contribution in [1.82, 2.24) is 0 Å². The molecular formula is C8H7NO2S. The molecule has 0 aromatic carbocycles. The molecule has 0 saturated carbocycles. The van der Waals surface area contributed by atoms with E-state index in [9.17, 15) is 4.79 Å². The van der Waals surface area contributed by atoms with Gasteiger partial charge in [-0.1, -0.05) is 0 Å². The van der Waals surface area contributed by atoms with Crippen molar-refractivity contribution in [3.63, 3.8) is 0 Å². The molecule has 62 valence electrons. The van der Waals surface area contributed by atoms with Crippen LogP contribution in [0.1, 0.15) is 6.92 Å². The normalized spacial score (nSPS) is 26.1. The second kappa shape index (κ2) is 2.48. The molecule has 2 rings (SSSR count). The fourth-order valence-electron chi connectivity index (χ4n) is 1.20. The van der Waals surface area contributed by atoms with Crippen LogP contribution >= 0.6 is 11.8 Å². The third-order valence-corrected chi connectivity index (χ3v) is 2.77. The van der Waals surface area contributed by atoms with E-state index in [1.807, 2.05) is 6.08 Å². The summed E-state index contributed by atoms with van der Waals surface area (Å²) < 4.78 is 0. The average Bonchev–Trinajstić information content (AvgIpc) is 2.42. The lowest BCUT2D eigenvalue weighted by Crippen LogP contribution is -2.07. The van der Waals surface area contributed by atoms with E-state index in [2.05, 4.69) is 11.9 Å². The van der Waals surface area contributed by atoms with Gasteiger partial charge in [0.05, 0.1) is 5.70 Å². The highest BCUT2D eigenvalue weighted by atomic mass is 32.2. The van der Waals surface area contributed by atoms with Crippen molar-refractivity contribution >= 4 is 23.4 Å². The highest BCUT2D eigenvalue weighted by Gasteiger charge is 2.25. The van der Waals surface area contributed by atoms with Gasteiger partial charge < -0.3 is 5.11 Å². The van der Waals surface area contributed by atoms with E-state index in [-0.39, 0.29) is 5.71 Å². The first-order valence-corrected chi connectivity index (χ1v) is 4.47. The molecule has 12 heavy (non-hydrogen) atoms. The minimum Gasteiger partial charge on any atom is -0.477 e. The molecule has 4 heteroatoms. The zero-order valence-electron chi connectivity index (χ0n) is 6.44. The fourth-order valence-corrected chi connectivity index (χ4v) is 2.21. The lowest BCUT2D eigenvalue weighted by molar-refractivity contribution is -0.129. The van der Waals surface area contributed by atoms with Gasteiger partial charge in [-0.05, 0) is 19.1 Å². The van der Waals surface area contributed by atoms with Gasteiger partial charge in [0.15, 0.2) is 0 Å². The van der Waals surface area contributed by atoms with Crippen LogP contribution in [0.25, 0.3) is 0 Å². The Kier molecular flexibility index (Phi) is 1.58. The molecule has 0 bridgehead atoms. The molecular weight excluding hydrogens is 174 g/mol. The van der Waals surface area contributed by atoms with Crippen LogP contribution in [0.3, 0.4) is 0 Å². The van der Waals surface area contributed by atoms with Crippen molar-refractivity contribution in [2.75, 3.05) is 0 Å². The summed E-state index contributed by atoms with van der Waals surface area (Å²) in [7, 11) is 0. The minimum atomic E-state index is -0.953. The average molecular weight is 181 g/mol. The lowest BCUT2D eigenvalue weighted by atomic mass is 10.3. The third-order valence-electron chi connectivity index (χ3n) is 1.69. The van der Waals surface area contributed by atoms with Crippen molar-refractivity contribution in [3.05, 3.63) is 22.8 Å². The first-order valence-electron chi connectivity index (χ1n) is 3.59. The second-order valence-electron chi connectivity index (χ2n) is 2.69. The van der Waals surface area contributed by atoms with Crippen LogP contribution in [0.4, 0.5) is 0 Å². The van der Waals surface area contributed by atoms with E-state index >= 15 is 0 Å². The number of hydrogen-bond donors (Lipinski definition) is 1. The Balaban J connectivity index is 2.34. The Labute approximate surface area is 73.9 Å². The fraction of sp³-hybridized carbons (Fsp3) is 0.250. The summed E-state index contributed by atoms with van der Waals surface area (Å²) in [4.78, 5) is 15.5. The van der Waals surface area contributed by atoms with Crippen LogP contribution in [0.5, 0.6) is 0 Å². The topological polar surface area (TPSA) is 49.7 Å². The molecule has 2 aliphatic heterocycles. The van der Waals surface area contributed by atoms with Crippen LogP contribution in [0, 0.1) is 0 Å². The van der Waals surface area contributed by atoms with Crippen molar-refractivity contribution in [3.8, 4) is 0 Å². The largest absolute Gasteiger partial charge is 0.477 e. The molecule has 0 amide bonds. The Morgan fingerprint density at radius 3 is 3.08 bits per heavy atom. The van der Waals surface area contributed by atoms with Gasteiger partial charge >= 0.3 is 5.97 Å². The molecule has 0 aromatic heterocycles. The van der Waals surface area contributed by atoms with Crippen molar-refractivity contribution in [2.24, 2.45) is 4.99 Å². The molecule has 1 N–H and O–H groups in total. The van der Waals surface area contributed by atoms with E-state index < -0.39 is 5.97 Å². The van der Waals surface area contributed by atoms with Gasteiger partial charge in [0.1, 0.15) is 5.71 Å². The predicted molar refractivity (Wildman–Crippen MR) is 48.3 cm³/mol. The number of rotatable bonds is 1. The zero-order valence-corrected chi connectivity index (χ0v) is 7.26. The minimum absolute atomic E-state index is 0.149. The summed E-state index contributed by atoms with van der Waals surface area (Å²) in [6, 6.07) is 0. The first-order chi connectivity index (χ1) is 5.66. The standard InChI is InChI=1S/C8H7NO2S/c1-4-2-5-7(12-4)3-6(9-5)8(10)11/h2-4H,1H3,(H,10,11)/t4-/m0/s1. The van der Waals surface area contributed by atoms with Crippen molar-refractivity contribution in [2.45, 2.75) is 12.2 Å². The summed E-state index contributed by atoms with van der Waals surface area (Å²) in [5, 5.41) is 9.04. The molecule has 3 nitrogen and oxygen atoms in total. The van der Waals surface area contributed by atoms with E-state index in [1.54, 1.807) is 17.8 Å². The quantitative estimate of drug-likeness (QED) is 0.665. The summed E-state index contributed by atoms with van der Waals surface area (Å²) in [5.41, 5.74) is 0.973. The van der Waals surface area contributed by atoms with Gasteiger partial charge in [-0.25, -0.2) is 9.79 Å². The summed E-state index contributed by atoms with van der Waals surface area (Å²) in [6.45, 7) is 2.06. The molecule has 1 atom stereocenters. The first kappa shape index (κ1) is 7.61. The molecule has 0 unspecified atom stereocenters. The van der Waals surface area contributed by atoms with E-state index in [4.69, 9.17) is 5.11 Å². The van der Waals surface area contributed by atoms with Gasteiger partial charge in [-0.15, -0.1) is 11.8 Å². The maximum Gasteiger partial charge on any atom is 0.354 e. The predicted octanol–water partition coefficient (Wildman–Crippen LogP) is 1.43. The van der Waals surface area contributed by atoms with Gasteiger partial charge in [0.25, 0.3) is 0 Å². The second-order valence-corrected chi connectivity index (χ2v) is 4.10. The van der Waals surface area contributed by atoms with Gasteiger partial charge in [-0.3, -0.25) is 0 Å². The Hall–Kier alpha value is -1.03. The number of thioether (sulfide) groups is 1. The van der Waals surface area contributed by atoms with Crippen LogP contribution in [-0.2, 0) is 4.79 Å². The summed E-state index contributed by atoms with van der Waals surface area (Å²) in [5.74, 6) is -0.953. The molecule has 0 aliphatic carbocycles. The molecule has 0 aromatic rings. The van der Waals surface area contributed by atoms with Crippen molar-refractivity contribution in [1.29, 1.82) is 0 Å². The van der Waals surface area contributed by atoms with Crippen LogP contribution < -0.4 is 0 Å². The number of carboxylic acid groups (broad SMARTS) is 1. The third kappa shape index (κ3) is 1.08. The molecule has 2 heterocycles. The lowest BCUT2D eigenvalue weighted by Gasteiger charge is -1.93. The molecule has 0 radical (unpaired) electrons. The van der Waals surface area contributed by atoms with Crippen molar-refractivity contribution < 1.29 is 9.90 Å². The SMILES string of the molecule is C[C@H]1C=C2N=C(C(=O)O)C=C2S1. The molecule has 2 aliphatic rings. The Bertz CT molecular complexity index is 338. The number of aliphatic carboxylic acids is 1. The number of carboxylic acids is 1. The maximum atomic E-state index is 10.5. The number of nitrogens with zero attached hydrogens (tertiary/aromatic N) is 1. The van der Waals surface area contributed by atoms with Crippen LogP contribution in [0.15, 0.2) is 27.7 Å². The Morgan fingerprint density at radius 1 is 1.75 bits per heavy atom. The Morgan fingerprint density at radius 2 is 2.50 bits per heavy atom. The number of hydrogen-bond acceptors (Lipinski definition) is 3. The van der Waals surface area contributed by atoms with Gasteiger partial charge in [0.2, 0.25) is 0 Å². The summed E-state index contributed by atoms with van der Waals surface area (Å²) >= 11 is 1.65. The molecule has 0 fully saturated rings.